The van der Waals surface area contributed by atoms with Gasteiger partial charge in [-0.1, -0.05) is 11.6 Å². The number of nitrogens with two attached hydrogens (primary N) is 1. The molecule has 5 heteroatoms. The monoisotopic (exact) mass is 261 g/mol. The first kappa shape index (κ1) is 11.4. The summed E-state index contributed by atoms with van der Waals surface area (Å²) in [6.45, 7) is 0.534. The van der Waals surface area contributed by atoms with Gasteiger partial charge in [-0.3, -0.25) is 9.78 Å². The third kappa shape index (κ3) is 1.74. The first-order valence-electron chi connectivity index (χ1n) is 5.76. The van der Waals surface area contributed by atoms with Crippen molar-refractivity contribution < 1.29 is 4.79 Å². The molecule has 1 aliphatic rings. The first-order chi connectivity index (χ1) is 8.66. The fraction of sp³-hybridized carbons (Fsp3) is 0.231. The highest BCUT2D eigenvalue weighted by Crippen LogP contribution is 2.32. The van der Waals surface area contributed by atoms with E-state index in [-0.39, 0.29) is 11.9 Å². The summed E-state index contributed by atoms with van der Waals surface area (Å²) < 4.78 is 0. The van der Waals surface area contributed by atoms with Gasteiger partial charge in [-0.25, -0.2) is 0 Å². The molecule has 1 aromatic carbocycles. The lowest BCUT2D eigenvalue weighted by molar-refractivity contribution is -0.117. The molecular weight excluding hydrogens is 250 g/mol. The quantitative estimate of drug-likeness (QED) is 0.854. The number of halogens is 1. The van der Waals surface area contributed by atoms with Gasteiger partial charge in [-0.05, 0) is 24.3 Å². The summed E-state index contributed by atoms with van der Waals surface area (Å²) in [4.78, 5) is 17.9. The van der Waals surface area contributed by atoms with Gasteiger partial charge < -0.3 is 10.6 Å². The normalized spacial score (nSPS) is 19.8. The highest BCUT2D eigenvalue weighted by atomic mass is 35.5. The number of rotatable bonds is 1. The molecule has 3 rings (SSSR count). The Balaban J connectivity index is 2.18. The number of amides is 1. The summed E-state index contributed by atoms with van der Waals surface area (Å²) in [5.41, 5.74) is 7.35. The fourth-order valence-corrected chi connectivity index (χ4v) is 2.52. The summed E-state index contributed by atoms with van der Waals surface area (Å²) in [7, 11) is 0. The van der Waals surface area contributed by atoms with Crippen LogP contribution in [0.2, 0.25) is 5.02 Å². The van der Waals surface area contributed by atoms with E-state index in [1.807, 2.05) is 18.2 Å². The summed E-state index contributed by atoms with van der Waals surface area (Å²) in [6, 6.07) is 7.24. The van der Waals surface area contributed by atoms with E-state index in [0.717, 1.165) is 16.6 Å². The third-order valence-corrected chi connectivity index (χ3v) is 3.47. The SMILES string of the molecule is NC1CC(=O)N(c2ccc(Cl)c3cccnc23)C1. The third-order valence-electron chi connectivity index (χ3n) is 3.14. The minimum Gasteiger partial charge on any atom is -0.326 e. The van der Waals surface area contributed by atoms with E-state index in [1.54, 1.807) is 17.2 Å². The van der Waals surface area contributed by atoms with E-state index in [4.69, 9.17) is 17.3 Å². The van der Waals surface area contributed by atoms with Crippen LogP contribution in [-0.4, -0.2) is 23.5 Å². The molecule has 1 unspecified atom stereocenters. The maximum atomic E-state index is 11.9. The number of hydrogen-bond donors (Lipinski definition) is 1. The smallest absolute Gasteiger partial charge is 0.228 e. The van der Waals surface area contributed by atoms with Crippen molar-refractivity contribution in [1.82, 2.24) is 4.98 Å². The molecule has 0 saturated carbocycles. The number of aromatic nitrogens is 1. The molecule has 18 heavy (non-hydrogen) atoms. The van der Waals surface area contributed by atoms with Gasteiger partial charge in [-0.15, -0.1) is 0 Å². The summed E-state index contributed by atoms with van der Waals surface area (Å²) >= 11 is 6.13. The highest BCUT2D eigenvalue weighted by molar-refractivity contribution is 6.36. The molecule has 92 valence electrons. The Morgan fingerprint density at radius 1 is 1.39 bits per heavy atom. The van der Waals surface area contributed by atoms with Gasteiger partial charge in [-0.2, -0.15) is 0 Å². The molecule has 2 heterocycles. The van der Waals surface area contributed by atoms with Crippen LogP contribution in [0.4, 0.5) is 5.69 Å². The van der Waals surface area contributed by atoms with Crippen molar-refractivity contribution >= 4 is 34.1 Å². The zero-order chi connectivity index (χ0) is 12.7. The number of benzene rings is 1. The van der Waals surface area contributed by atoms with Crippen molar-refractivity contribution in [1.29, 1.82) is 0 Å². The van der Waals surface area contributed by atoms with Crippen LogP contribution in [-0.2, 0) is 4.79 Å². The van der Waals surface area contributed by atoms with Crippen LogP contribution in [0.1, 0.15) is 6.42 Å². The molecule has 1 fully saturated rings. The molecule has 2 N–H and O–H groups in total. The highest BCUT2D eigenvalue weighted by Gasteiger charge is 2.29. The summed E-state index contributed by atoms with van der Waals surface area (Å²) in [6.07, 6.45) is 2.08. The molecule has 1 saturated heterocycles. The molecule has 1 aliphatic heterocycles. The second-order valence-corrected chi connectivity index (χ2v) is 4.84. The van der Waals surface area contributed by atoms with Gasteiger partial charge in [0.05, 0.1) is 16.2 Å². The average Bonchev–Trinajstić information content (AvgIpc) is 2.69. The molecule has 0 bridgehead atoms. The van der Waals surface area contributed by atoms with Crippen molar-refractivity contribution in [2.75, 3.05) is 11.4 Å². The van der Waals surface area contributed by atoms with E-state index < -0.39 is 0 Å². The van der Waals surface area contributed by atoms with Gasteiger partial charge >= 0.3 is 0 Å². The van der Waals surface area contributed by atoms with Crippen LogP contribution in [0.15, 0.2) is 30.5 Å². The number of pyridine rings is 1. The lowest BCUT2D eigenvalue weighted by Crippen LogP contribution is -2.28. The van der Waals surface area contributed by atoms with Crippen molar-refractivity contribution in [2.24, 2.45) is 5.73 Å². The standard InChI is InChI=1S/C13H12ClN3O/c14-10-3-4-11(13-9(10)2-1-5-16-13)17-7-8(15)6-12(17)18/h1-5,8H,6-7,15H2. The Labute approximate surface area is 109 Å². The number of hydrogen-bond acceptors (Lipinski definition) is 3. The Morgan fingerprint density at radius 2 is 2.22 bits per heavy atom. The summed E-state index contributed by atoms with van der Waals surface area (Å²) in [5.74, 6) is 0.0387. The molecule has 1 amide bonds. The zero-order valence-electron chi connectivity index (χ0n) is 9.64. The largest absolute Gasteiger partial charge is 0.326 e. The lowest BCUT2D eigenvalue weighted by Gasteiger charge is -2.18. The molecule has 1 aromatic heterocycles. The molecule has 0 radical (unpaired) electrons. The Kier molecular flexibility index (Phi) is 2.69. The number of nitrogens with zero attached hydrogens (tertiary/aromatic N) is 2. The van der Waals surface area contributed by atoms with E-state index in [9.17, 15) is 4.79 Å². The minimum atomic E-state index is -0.105. The van der Waals surface area contributed by atoms with Crippen LogP contribution >= 0.6 is 11.6 Å². The van der Waals surface area contributed by atoms with Crippen LogP contribution in [0.5, 0.6) is 0 Å². The zero-order valence-corrected chi connectivity index (χ0v) is 10.4. The van der Waals surface area contributed by atoms with Gasteiger partial charge in [0.25, 0.3) is 0 Å². The predicted octanol–water partition coefficient (Wildman–Crippen LogP) is 1.95. The molecule has 2 aromatic rings. The van der Waals surface area contributed by atoms with Gasteiger partial charge in [0, 0.05) is 30.6 Å². The fourth-order valence-electron chi connectivity index (χ4n) is 2.31. The minimum absolute atomic E-state index is 0.0387. The summed E-state index contributed by atoms with van der Waals surface area (Å²) in [5, 5.41) is 1.49. The van der Waals surface area contributed by atoms with Gasteiger partial charge in [0.1, 0.15) is 0 Å². The van der Waals surface area contributed by atoms with E-state index >= 15 is 0 Å². The molecule has 0 spiro atoms. The topological polar surface area (TPSA) is 59.2 Å². The second-order valence-electron chi connectivity index (χ2n) is 4.43. The second kappa shape index (κ2) is 4.23. The molecular formula is C13H12ClN3O. The number of anilines is 1. The van der Waals surface area contributed by atoms with Gasteiger partial charge in [0.2, 0.25) is 5.91 Å². The molecule has 4 nitrogen and oxygen atoms in total. The van der Waals surface area contributed by atoms with Gasteiger partial charge in [0.15, 0.2) is 0 Å². The first-order valence-corrected chi connectivity index (χ1v) is 6.14. The Morgan fingerprint density at radius 3 is 2.94 bits per heavy atom. The van der Waals surface area contributed by atoms with Crippen LogP contribution < -0.4 is 10.6 Å². The van der Waals surface area contributed by atoms with Crippen molar-refractivity contribution in [2.45, 2.75) is 12.5 Å². The molecule has 0 aliphatic carbocycles. The maximum Gasteiger partial charge on any atom is 0.228 e. The van der Waals surface area contributed by atoms with Crippen molar-refractivity contribution in [3.63, 3.8) is 0 Å². The number of carbonyl (C=O) groups excluding carboxylic acids is 1. The maximum absolute atomic E-state index is 11.9. The van der Waals surface area contributed by atoms with Crippen LogP contribution in [0, 0.1) is 0 Å². The van der Waals surface area contributed by atoms with Crippen LogP contribution in [0.25, 0.3) is 10.9 Å². The number of carbonyl (C=O) groups is 1. The Bertz CT molecular complexity index is 629. The van der Waals surface area contributed by atoms with E-state index in [1.165, 1.54) is 0 Å². The van der Waals surface area contributed by atoms with Crippen LogP contribution in [0.3, 0.4) is 0 Å². The Hall–Kier alpha value is -1.65. The van der Waals surface area contributed by atoms with E-state index in [2.05, 4.69) is 4.98 Å². The van der Waals surface area contributed by atoms with Crippen molar-refractivity contribution in [3.05, 3.63) is 35.5 Å². The predicted molar refractivity (Wildman–Crippen MR) is 71.7 cm³/mol. The average molecular weight is 262 g/mol. The van der Waals surface area contributed by atoms with E-state index in [0.29, 0.717) is 18.0 Å². The number of fused-ring (bicyclic) bond motifs is 1. The molecule has 1 atom stereocenters. The van der Waals surface area contributed by atoms with Crippen molar-refractivity contribution in [3.8, 4) is 0 Å². The lowest BCUT2D eigenvalue weighted by atomic mass is 10.2.